The van der Waals surface area contributed by atoms with Gasteiger partial charge in [0.25, 0.3) is 0 Å². The molecule has 0 unspecified atom stereocenters. The van der Waals surface area contributed by atoms with Gasteiger partial charge in [0.2, 0.25) is 0 Å². The molecule has 3 N–H and O–H groups in total. The van der Waals surface area contributed by atoms with E-state index in [4.69, 9.17) is 0 Å². The molecule has 6 heterocycles. The molecule has 7 nitrogen and oxygen atoms in total. The molecule has 0 aliphatic heterocycles. The van der Waals surface area contributed by atoms with E-state index in [9.17, 15) is 0 Å². The van der Waals surface area contributed by atoms with Crippen LogP contribution in [0.2, 0.25) is 0 Å². The van der Waals surface area contributed by atoms with Gasteiger partial charge in [0.1, 0.15) is 5.69 Å². The van der Waals surface area contributed by atoms with Gasteiger partial charge in [-0.2, -0.15) is 16.4 Å². The first-order valence-electron chi connectivity index (χ1n) is 10.7. The smallest absolute Gasteiger partial charge is 0.116 e. The van der Waals surface area contributed by atoms with E-state index < -0.39 is 0 Å². The second-order valence-corrected chi connectivity index (χ2v) is 9.04. The summed E-state index contributed by atoms with van der Waals surface area (Å²) in [5.41, 5.74) is 8.57. The SMILES string of the molecule is CC(C)Nc1cncc(-c2cc3c(-c4cc5c(-c6ccsc6)nccc5[nH]4)n[nH]c3cn2)c1. The Morgan fingerprint density at radius 1 is 0.909 bits per heavy atom. The molecule has 6 aromatic heterocycles. The topological polar surface area (TPSA) is 95.2 Å². The maximum absolute atomic E-state index is 4.64. The zero-order valence-corrected chi connectivity index (χ0v) is 18.9. The van der Waals surface area contributed by atoms with Crippen molar-refractivity contribution in [2.24, 2.45) is 0 Å². The van der Waals surface area contributed by atoms with Gasteiger partial charge in [0.05, 0.1) is 34.5 Å². The minimum atomic E-state index is 0.327. The monoisotopic (exact) mass is 451 g/mol. The minimum Gasteiger partial charge on any atom is -0.382 e. The molecule has 6 aromatic rings. The average molecular weight is 452 g/mol. The normalized spacial score (nSPS) is 11.6. The Morgan fingerprint density at radius 2 is 1.82 bits per heavy atom. The Labute approximate surface area is 194 Å². The van der Waals surface area contributed by atoms with Crippen LogP contribution in [0.3, 0.4) is 0 Å². The number of hydrogen-bond acceptors (Lipinski definition) is 6. The molecule has 0 aliphatic rings. The van der Waals surface area contributed by atoms with Crippen LogP contribution < -0.4 is 5.32 Å². The Bertz CT molecular complexity index is 1580. The highest BCUT2D eigenvalue weighted by molar-refractivity contribution is 7.08. The van der Waals surface area contributed by atoms with Gasteiger partial charge in [-0.25, -0.2) is 0 Å². The average Bonchev–Trinajstić information content (AvgIpc) is 3.57. The van der Waals surface area contributed by atoms with Gasteiger partial charge in [-0.15, -0.1) is 0 Å². The first-order valence-corrected chi connectivity index (χ1v) is 11.7. The van der Waals surface area contributed by atoms with Crippen LogP contribution in [0.15, 0.2) is 65.9 Å². The quantitative estimate of drug-likeness (QED) is 0.294. The van der Waals surface area contributed by atoms with Crippen molar-refractivity contribution < 1.29 is 0 Å². The van der Waals surface area contributed by atoms with Crippen LogP contribution in [0, 0.1) is 0 Å². The Kier molecular flexibility index (Phi) is 4.66. The summed E-state index contributed by atoms with van der Waals surface area (Å²) < 4.78 is 0. The van der Waals surface area contributed by atoms with Crippen LogP contribution >= 0.6 is 11.3 Å². The second kappa shape index (κ2) is 7.83. The molecule has 33 heavy (non-hydrogen) atoms. The fraction of sp³-hybridized carbons (Fsp3) is 0.120. The number of rotatable bonds is 5. The van der Waals surface area contributed by atoms with E-state index in [1.165, 1.54) is 0 Å². The van der Waals surface area contributed by atoms with Crippen molar-refractivity contribution in [2.75, 3.05) is 5.32 Å². The first-order chi connectivity index (χ1) is 16.2. The summed E-state index contributed by atoms with van der Waals surface area (Å²) in [5, 5.41) is 17.4. The van der Waals surface area contributed by atoms with Crippen molar-refractivity contribution in [1.29, 1.82) is 0 Å². The number of aromatic nitrogens is 6. The van der Waals surface area contributed by atoms with Crippen LogP contribution in [0.25, 0.3) is 55.7 Å². The summed E-state index contributed by atoms with van der Waals surface area (Å²) in [6.07, 6.45) is 7.33. The number of nitrogens with one attached hydrogen (secondary N) is 3. The summed E-state index contributed by atoms with van der Waals surface area (Å²) in [6.45, 7) is 4.21. The predicted octanol–water partition coefficient (Wildman–Crippen LogP) is 6.11. The third-order valence-electron chi connectivity index (χ3n) is 5.53. The number of hydrogen-bond donors (Lipinski definition) is 3. The molecule has 0 spiro atoms. The fourth-order valence-corrected chi connectivity index (χ4v) is 4.72. The second-order valence-electron chi connectivity index (χ2n) is 8.26. The third-order valence-corrected chi connectivity index (χ3v) is 6.22. The fourth-order valence-electron chi connectivity index (χ4n) is 4.08. The zero-order valence-electron chi connectivity index (χ0n) is 18.1. The van der Waals surface area contributed by atoms with E-state index >= 15 is 0 Å². The van der Waals surface area contributed by atoms with E-state index in [1.54, 1.807) is 11.3 Å². The molecule has 0 saturated carbocycles. The maximum atomic E-state index is 4.64. The minimum absolute atomic E-state index is 0.327. The molecule has 0 atom stereocenters. The molecule has 0 aliphatic carbocycles. The van der Waals surface area contributed by atoms with Crippen molar-refractivity contribution >= 4 is 38.8 Å². The van der Waals surface area contributed by atoms with Gasteiger partial charge in [0, 0.05) is 57.4 Å². The summed E-state index contributed by atoms with van der Waals surface area (Å²) >= 11 is 1.67. The number of nitrogens with zero attached hydrogens (tertiary/aromatic N) is 4. The highest BCUT2D eigenvalue weighted by Crippen LogP contribution is 2.34. The van der Waals surface area contributed by atoms with E-state index in [-0.39, 0.29) is 0 Å². The molecule has 6 rings (SSSR count). The van der Waals surface area contributed by atoms with Crippen molar-refractivity contribution in [3.63, 3.8) is 0 Å². The van der Waals surface area contributed by atoms with Gasteiger partial charge in [-0.05, 0) is 49.6 Å². The summed E-state index contributed by atoms with van der Waals surface area (Å²) in [5.74, 6) is 0. The summed E-state index contributed by atoms with van der Waals surface area (Å²) in [7, 11) is 0. The van der Waals surface area contributed by atoms with Crippen molar-refractivity contribution in [1.82, 2.24) is 30.1 Å². The highest BCUT2D eigenvalue weighted by Gasteiger charge is 2.15. The van der Waals surface area contributed by atoms with Crippen LogP contribution in [0.5, 0.6) is 0 Å². The Hall–Kier alpha value is -4.04. The van der Waals surface area contributed by atoms with Crippen LogP contribution in [0.1, 0.15) is 13.8 Å². The van der Waals surface area contributed by atoms with Crippen LogP contribution in [-0.2, 0) is 0 Å². The zero-order chi connectivity index (χ0) is 22.4. The lowest BCUT2D eigenvalue weighted by Crippen LogP contribution is -2.09. The number of anilines is 1. The maximum Gasteiger partial charge on any atom is 0.116 e. The number of fused-ring (bicyclic) bond motifs is 2. The lowest BCUT2D eigenvalue weighted by molar-refractivity contribution is 0.898. The lowest BCUT2D eigenvalue weighted by Gasteiger charge is -2.10. The number of aromatic amines is 2. The number of pyridine rings is 3. The Morgan fingerprint density at radius 3 is 2.67 bits per heavy atom. The number of H-pyrrole nitrogens is 2. The van der Waals surface area contributed by atoms with E-state index in [2.05, 4.69) is 84.3 Å². The van der Waals surface area contributed by atoms with E-state index in [0.717, 1.165) is 61.4 Å². The lowest BCUT2D eigenvalue weighted by atomic mass is 10.1. The Balaban J connectivity index is 1.45. The van der Waals surface area contributed by atoms with Crippen molar-refractivity contribution in [2.45, 2.75) is 19.9 Å². The van der Waals surface area contributed by atoms with Crippen LogP contribution in [0.4, 0.5) is 5.69 Å². The summed E-state index contributed by atoms with van der Waals surface area (Å²) in [4.78, 5) is 17.2. The molecule has 0 amide bonds. The van der Waals surface area contributed by atoms with Gasteiger partial charge >= 0.3 is 0 Å². The first kappa shape index (κ1) is 19.6. The van der Waals surface area contributed by atoms with Gasteiger partial charge in [-0.3, -0.25) is 20.1 Å². The van der Waals surface area contributed by atoms with E-state index in [1.807, 2.05) is 30.9 Å². The molecular formula is C25H21N7S. The van der Waals surface area contributed by atoms with E-state index in [0.29, 0.717) is 6.04 Å². The molecule has 0 radical (unpaired) electrons. The van der Waals surface area contributed by atoms with Crippen molar-refractivity contribution in [3.8, 4) is 33.9 Å². The van der Waals surface area contributed by atoms with Gasteiger partial charge in [-0.1, -0.05) is 0 Å². The largest absolute Gasteiger partial charge is 0.382 e. The third kappa shape index (κ3) is 3.54. The molecular weight excluding hydrogens is 430 g/mol. The number of thiophene rings is 1. The highest BCUT2D eigenvalue weighted by atomic mass is 32.1. The molecule has 8 heteroatoms. The predicted molar refractivity (Wildman–Crippen MR) is 134 cm³/mol. The molecule has 0 fully saturated rings. The summed E-state index contributed by atoms with van der Waals surface area (Å²) in [6, 6.07) is 10.7. The van der Waals surface area contributed by atoms with Gasteiger partial charge in [0.15, 0.2) is 0 Å². The molecule has 162 valence electrons. The molecule has 0 saturated heterocycles. The van der Waals surface area contributed by atoms with Gasteiger partial charge < -0.3 is 10.3 Å². The molecule has 0 bridgehead atoms. The standard InChI is InChI=1S/C25H21N7S/c1-14(2)29-17-7-16(10-26-11-17)21-8-19-23(12-28-21)31-32-25(19)22-9-18-20(30-22)3-5-27-24(18)15-4-6-33-13-15/h3-14,29-30H,1-2H3,(H,31,32). The van der Waals surface area contributed by atoms with Crippen LogP contribution in [-0.4, -0.2) is 36.2 Å². The van der Waals surface area contributed by atoms with Crippen molar-refractivity contribution in [3.05, 3.63) is 65.9 Å². The molecule has 0 aromatic carbocycles.